The molecule has 2 aromatic heterocycles. The summed E-state index contributed by atoms with van der Waals surface area (Å²) < 4.78 is 42.7. The van der Waals surface area contributed by atoms with Crippen molar-refractivity contribution in [3.63, 3.8) is 0 Å². The number of fused-ring (bicyclic) bond motifs is 1. The van der Waals surface area contributed by atoms with Crippen LogP contribution in [0.25, 0.3) is 11.0 Å². The number of halogens is 3. The molecule has 0 aliphatic carbocycles. The standard InChI is InChI=1S/C24H31F3N6O3/c1-13(19(25)16(5-8-28)20(26)27)14(2)31-21-17-11-18(23(35)32(4)22(17)30-12-29-21)24(36)6-9-33(10-7-24)15(3)34/h5,8,11-14,20,36H,6-7,9-10,28H2,1-4H3,(H,29,30,31)/b8-5-,19-16-/t13?,14-/m1/s1. The summed E-state index contributed by atoms with van der Waals surface area (Å²) in [5.74, 6) is -1.83. The molecule has 9 nitrogen and oxygen atoms in total. The second-order valence-electron chi connectivity index (χ2n) is 9.10. The fourth-order valence-electron chi connectivity index (χ4n) is 4.36. The first-order chi connectivity index (χ1) is 16.9. The SMILES string of the molecule is CC(=O)N1CCC(O)(c2cc3c(N[C@H](C)C(C)/C(F)=C(\C=C/N)C(F)F)ncnc3n(C)c2=O)CC1. The summed E-state index contributed by atoms with van der Waals surface area (Å²) in [5.41, 5.74) is 2.91. The Balaban J connectivity index is 2.01. The fourth-order valence-corrected chi connectivity index (χ4v) is 4.36. The van der Waals surface area contributed by atoms with Gasteiger partial charge in [-0.1, -0.05) is 6.92 Å². The van der Waals surface area contributed by atoms with Crippen LogP contribution in [0, 0.1) is 5.92 Å². The molecule has 1 saturated heterocycles. The van der Waals surface area contributed by atoms with Gasteiger partial charge < -0.3 is 21.1 Å². The number of likely N-dealkylation sites (tertiary alicyclic amines) is 1. The third-order valence-corrected chi connectivity index (χ3v) is 6.84. The van der Waals surface area contributed by atoms with E-state index in [1.165, 1.54) is 37.9 Å². The number of hydrogen-bond donors (Lipinski definition) is 3. The number of anilines is 1. The van der Waals surface area contributed by atoms with Crippen molar-refractivity contribution < 1.29 is 23.1 Å². The van der Waals surface area contributed by atoms with Gasteiger partial charge in [-0.05, 0) is 38.1 Å². The van der Waals surface area contributed by atoms with Gasteiger partial charge in [-0.25, -0.2) is 23.1 Å². The van der Waals surface area contributed by atoms with Crippen LogP contribution in [0.2, 0.25) is 0 Å². The van der Waals surface area contributed by atoms with Crippen LogP contribution in [0.1, 0.15) is 39.2 Å². The van der Waals surface area contributed by atoms with E-state index in [9.17, 15) is 27.9 Å². The normalized spacial score (nSPS) is 18.4. The number of aromatic nitrogens is 3. The highest BCUT2D eigenvalue weighted by atomic mass is 19.3. The second-order valence-corrected chi connectivity index (χ2v) is 9.10. The number of rotatable bonds is 7. The molecule has 1 aliphatic heterocycles. The van der Waals surface area contributed by atoms with Crippen LogP contribution in [0.5, 0.6) is 0 Å². The van der Waals surface area contributed by atoms with Crippen molar-refractivity contribution in [1.82, 2.24) is 19.4 Å². The summed E-state index contributed by atoms with van der Waals surface area (Å²) in [5, 5.41) is 14.8. The lowest BCUT2D eigenvalue weighted by Crippen LogP contribution is -2.47. The highest BCUT2D eigenvalue weighted by molar-refractivity contribution is 5.87. The van der Waals surface area contributed by atoms with Crippen molar-refractivity contribution >= 4 is 22.8 Å². The number of aliphatic hydroxyl groups is 1. The molecule has 0 spiro atoms. The lowest BCUT2D eigenvalue weighted by atomic mass is 9.84. The minimum atomic E-state index is -3.04. The Hall–Kier alpha value is -3.41. The summed E-state index contributed by atoms with van der Waals surface area (Å²) in [4.78, 5) is 34.8. The summed E-state index contributed by atoms with van der Waals surface area (Å²) in [6.07, 6.45) is 0.249. The average molecular weight is 509 g/mol. The molecule has 36 heavy (non-hydrogen) atoms. The number of carbonyl (C=O) groups is 1. The van der Waals surface area contributed by atoms with Crippen LogP contribution in [0.3, 0.4) is 0 Å². The number of nitrogens with zero attached hydrogens (tertiary/aromatic N) is 4. The Kier molecular flexibility index (Phi) is 8.07. The van der Waals surface area contributed by atoms with Gasteiger partial charge in [0, 0.05) is 44.6 Å². The number of nitrogens with one attached hydrogen (secondary N) is 1. The molecular weight excluding hydrogens is 477 g/mol. The number of aryl methyl sites for hydroxylation is 1. The predicted molar refractivity (Wildman–Crippen MR) is 130 cm³/mol. The van der Waals surface area contributed by atoms with E-state index in [0.29, 0.717) is 18.5 Å². The van der Waals surface area contributed by atoms with E-state index in [1.807, 2.05) is 0 Å². The number of amides is 1. The van der Waals surface area contributed by atoms with Gasteiger partial charge in [0.1, 0.15) is 23.6 Å². The Labute approximate surface area is 206 Å². The molecule has 0 radical (unpaired) electrons. The molecule has 1 amide bonds. The largest absolute Gasteiger partial charge is 0.405 e. The molecule has 1 unspecified atom stereocenters. The molecule has 0 aromatic carbocycles. The minimum Gasteiger partial charge on any atom is -0.405 e. The third-order valence-electron chi connectivity index (χ3n) is 6.84. The molecule has 1 fully saturated rings. The molecule has 2 atom stereocenters. The molecule has 3 rings (SSSR count). The summed E-state index contributed by atoms with van der Waals surface area (Å²) >= 11 is 0. The second kappa shape index (κ2) is 10.7. The van der Waals surface area contributed by atoms with Gasteiger partial charge in [-0.3, -0.25) is 14.2 Å². The Morgan fingerprint density at radius 1 is 1.28 bits per heavy atom. The summed E-state index contributed by atoms with van der Waals surface area (Å²) in [6, 6.07) is 0.819. The van der Waals surface area contributed by atoms with Gasteiger partial charge in [-0.15, -0.1) is 0 Å². The van der Waals surface area contributed by atoms with Gasteiger partial charge >= 0.3 is 0 Å². The Morgan fingerprint density at radius 2 is 1.92 bits per heavy atom. The predicted octanol–water partition coefficient (Wildman–Crippen LogP) is 2.56. The van der Waals surface area contributed by atoms with E-state index < -0.39 is 40.9 Å². The Morgan fingerprint density at radius 3 is 2.47 bits per heavy atom. The van der Waals surface area contributed by atoms with E-state index in [0.717, 1.165) is 12.3 Å². The first kappa shape index (κ1) is 27.2. The zero-order chi connectivity index (χ0) is 26.8. The maximum Gasteiger partial charge on any atom is 0.266 e. The number of nitrogens with two attached hydrogens (primary N) is 1. The minimum absolute atomic E-state index is 0.107. The summed E-state index contributed by atoms with van der Waals surface area (Å²) in [6.45, 7) is 5.11. The van der Waals surface area contributed by atoms with Crippen molar-refractivity contribution in [2.45, 2.75) is 51.7 Å². The van der Waals surface area contributed by atoms with E-state index >= 15 is 0 Å². The first-order valence-electron chi connectivity index (χ1n) is 11.6. The van der Waals surface area contributed by atoms with E-state index in [1.54, 1.807) is 11.8 Å². The average Bonchev–Trinajstić information content (AvgIpc) is 2.84. The van der Waals surface area contributed by atoms with Gasteiger partial charge in [0.25, 0.3) is 12.0 Å². The third kappa shape index (κ3) is 5.23. The van der Waals surface area contributed by atoms with Crippen molar-refractivity contribution in [3.05, 3.63) is 52.0 Å². The van der Waals surface area contributed by atoms with Crippen LogP contribution in [0.15, 0.2) is 40.9 Å². The van der Waals surface area contributed by atoms with Crippen LogP contribution < -0.4 is 16.6 Å². The highest BCUT2D eigenvalue weighted by Crippen LogP contribution is 2.34. The first-order valence-corrected chi connectivity index (χ1v) is 11.6. The number of pyridine rings is 1. The van der Waals surface area contributed by atoms with Crippen LogP contribution >= 0.6 is 0 Å². The number of carbonyl (C=O) groups excluding carboxylic acids is 1. The van der Waals surface area contributed by atoms with Crippen LogP contribution in [-0.4, -0.2) is 56.0 Å². The molecule has 0 bridgehead atoms. The van der Waals surface area contributed by atoms with Gasteiger partial charge in [0.2, 0.25) is 5.91 Å². The Bertz CT molecular complexity index is 1250. The van der Waals surface area contributed by atoms with Crippen molar-refractivity contribution in [1.29, 1.82) is 0 Å². The topological polar surface area (TPSA) is 126 Å². The molecule has 196 valence electrons. The highest BCUT2D eigenvalue weighted by Gasteiger charge is 2.38. The molecule has 2 aromatic rings. The van der Waals surface area contributed by atoms with E-state index in [2.05, 4.69) is 15.3 Å². The lowest BCUT2D eigenvalue weighted by Gasteiger charge is -2.38. The van der Waals surface area contributed by atoms with Crippen molar-refractivity contribution in [2.75, 3.05) is 18.4 Å². The maximum atomic E-state index is 14.8. The number of allylic oxidation sites excluding steroid dienone is 2. The van der Waals surface area contributed by atoms with Crippen LogP contribution in [-0.2, 0) is 17.4 Å². The van der Waals surface area contributed by atoms with Crippen molar-refractivity contribution in [2.24, 2.45) is 18.7 Å². The monoisotopic (exact) mass is 508 g/mol. The number of hydrogen-bond acceptors (Lipinski definition) is 7. The molecular formula is C24H31F3N6O3. The smallest absolute Gasteiger partial charge is 0.266 e. The lowest BCUT2D eigenvalue weighted by molar-refractivity contribution is -0.133. The maximum absolute atomic E-state index is 14.8. The zero-order valence-electron chi connectivity index (χ0n) is 20.6. The molecule has 1 aliphatic rings. The molecule has 3 heterocycles. The van der Waals surface area contributed by atoms with E-state index in [-0.39, 0.29) is 35.8 Å². The van der Waals surface area contributed by atoms with Crippen molar-refractivity contribution in [3.8, 4) is 0 Å². The van der Waals surface area contributed by atoms with Gasteiger partial charge in [-0.2, -0.15) is 0 Å². The molecule has 4 N–H and O–H groups in total. The fraction of sp³-hybridized carbons (Fsp3) is 0.500. The zero-order valence-corrected chi connectivity index (χ0v) is 20.6. The molecule has 0 saturated carbocycles. The van der Waals surface area contributed by atoms with E-state index in [4.69, 9.17) is 5.73 Å². The van der Waals surface area contributed by atoms with Gasteiger partial charge in [0.05, 0.1) is 16.6 Å². The van der Waals surface area contributed by atoms with Crippen LogP contribution in [0.4, 0.5) is 19.0 Å². The van der Waals surface area contributed by atoms with Gasteiger partial charge in [0.15, 0.2) is 0 Å². The number of piperidine rings is 1. The molecule has 12 heteroatoms. The number of alkyl halides is 2. The summed E-state index contributed by atoms with van der Waals surface area (Å²) in [7, 11) is 1.52. The quantitative estimate of drug-likeness (QED) is 0.491.